The highest BCUT2D eigenvalue weighted by molar-refractivity contribution is 5.20. The summed E-state index contributed by atoms with van der Waals surface area (Å²) in [4.78, 5) is 0. The molecule has 0 amide bonds. The number of aromatic nitrogens is 2. The number of nitrogens with zero attached hydrogens (tertiary/aromatic N) is 2. The molecule has 1 fully saturated rings. The second-order valence-corrected chi connectivity index (χ2v) is 3.89. The van der Waals surface area contributed by atoms with Crippen molar-refractivity contribution >= 4 is 6.20 Å². The maximum atomic E-state index is 5.71. The topological polar surface area (TPSA) is 43.8 Å². The molecule has 2 rings (SSSR count). The summed E-state index contributed by atoms with van der Waals surface area (Å²) in [5, 5.41) is 4.14. The van der Waals surface area contributed by atoms with Crippen LogP contribution in [0, 0.1) is 5.41 Å². The molecule has 2 N–H and O–H groups in total. The number of hydrogen-bond acceptors (Lipinski definition) is 2. The molecular formula is C10H15N3. The van der Waals surface area contributed by atoms with Crippen molar-refractivity contribution in [2.24, 2.45) is 11.1 Å². The smallest absolute Gasteiger partial charge is 0.0526 e. The van der Waals surface area contributed by atoms with Gasteiger partial charge in [0.05, 0.1) is 6.20 Å². The first-order valence-corrected chi connectivity index (χ1v) is 4.64. The van der Waals surface area contributed by atoms with E-state index in [-0.39, 0.29) is 0 Å². The molecule has 70 valence electrons. The van der Waals surface area contributed by atoms with Crippen LogP contribution >= 0.6 is 0 Å². The Kier molecular flexibility index (Phi) is 1.96. The molecule has 0 spiro atoms. The van der Waals surface area contributed by atoms with Crippen molar-refractivity contribution < 1.29 is 0 Å². The van der Waals surface area contributed by atoms with Crippen molar-refractivity contribution in [3.8, 4) is 0 Å². The van der Waals surface area contributed by atoms with Gasteiger partial charge >= 0.3 is 0 Å². The first-order valence-electron chi connectivity index (χ1n) is 4.64. The van der Waals surface area contributed by atoms with Gasteiger partial charge in [0.2, 0.25) is 0 Å². The number of rotatable bonds is 4. The molecule has 1 aromatic rings. The molecule has 0 aliphatic heterocycles. The minimum Gasteiger partial charge on any atom is -0.330 e. The molecule has 0 aromatic carbocycles. The molecule has 0 bridgehead atoms. The van der Waals surface area contributed by atoms with Gasteiger partial charge in [0.15, 0.2) is 0 Å². The summed E-state index contributed by atoms with van der Waals surface area (Å²) in [5.41, 5.74) is 7.37. The minimum absolute atomic E-state index is 0.398. The van der Waals surface area contributed by atoms with Gasteiger partial charge < -0.3 is 5.73 Å². The maximum absolute atomic E-state index is 5.71. The van der Waals surface area contributed by atoms with Crippen LogP contribution in [0.3, 0.4) is 0 Å². The molecule has 3 heteroatoms. The molecule has 3 nitrogen and oxygen atoms in total. The molecule has 13 heavy (non-hydrogen) atoms. The standard InChI is InChI=1S/C10H15N3/c1-2-13-7-9(6-12-13)5-10(8-11)3-4-10/h2,6-7H,1,3-5,8,11H2. The van der Waals surface area contributed by atoms with Crippen molar-refractivity contribution in [1.29, 1.82) is 0 Å². The fourth-order valence-electron chi connectivity index (χ4n) is 1.63. The second-order valence-electron chi connectivity index (χ2n) is 3.89. The molecular weight excluding hydrogens is 162 g/mol. The van der Waals surface area contributed by atoms with Gasteiger partial charge in [-0.3, -0.25) is 0 Å². The second kappa shape index (κ2) is 3.00. The van der Waals surface area contributed by atoms with Gasteiger partial charge in [-0.2, -0.15) is 5.10 Å². The van der Waals surface area contributed by atoms with Crippen molar-refractivity contribution in [2.75, 3.05) is 6.54 Å². The lowest BCUT2D eigenvalue weighted by Gasteiger charge is -2.08. The summed E-state index contributed by atoms with van der Waals surface area (Å²) in [7, 11) is 0. The number of hydrogen-bond donors (Lipinski definition) is 1. The van der Waals surface area contributed by atoms with E-state index in [0.29, 0.717) is 5.41 Å². The molecule has 1 aromatic heterocycles. The summed E-state index contributed by atoms with van der Waals surface area (Å²) in [6.45, 7) is 4.45. The largest absolute Gasteiger partial charge is 0.330 e. The first kappa shape index (κ1) is 8.51. The van der Waals surface area contributed by atoms with E-state index in [0.717, 1.165) is 13.0 Å². The Morgan fingerprint density at radius 2 is 2.46 bits per heavy atom. The zero-order valence-electron chi connectivity index (χ0n) is 7.74. The number of nitrogens with two attached hydrogens (primary N) is 1. The molecule has 0 saturated heterocycles. The highest BCUT2D eigenvalue weighted by Gasteiger charge is 2.41. The molecule has 1 aliphatic rings. The summed E-state index contributed by atoms with van der Waals surface area (Å²) in [6.07, 6.45) is 9.22. The third kappa shape index (κ3) is 1.65. The van der Waals surface area contributed by atoms with Gasteiger partial charge in [-0.05, 0) is 36.8 Å². The van der Waals surface area contributed by atoms with Gasteiger partial charge in [-0.15, -0.1) is 0 Å². The normalized spacial score (nSPS) is 18.5. The van der Waals surface area contributed by atoms with Crippen LogP contribution in [0.1, 0.15) is 18.4 Å². The predicted octanol–water partition coefficient (Wildman–Crippen LogP) is 1.27. The maximum Gasteiger partial charge on any atom is 0.0526 e. The summed E-state index contributed by atoms with van der Waals surface area (Å²) in [6, 6.07) is 0. The van der Waals surface area contributed by atoms with Gasteiger partial charge in [0, 0.05) is 12.4 Å². The molecule has 1 heterocycles. The van der Waals surface area contributed by atoms with Crippen molar-refractivity contribution in [2.45, 2.75) is 19.3 Å². The van der Waals surface area contributed by atoms with Crippen LogP contribution in [0.25, 0.3) is 6.20 Å². The van der Waals surface area contributed by atoms with Gasteiger partial charge in [0.1, 0.15) is 0 Å². The van der Waals surface area contributed by atoms with Gasteiger partial charge in [-0.1, -0.05) is 6.58 Å². The van der Waals surface area contributed by atoms with E-state index in [1.807, 2.05) is 12.4 Å². The fraction of sp³-hybridized carbons (Fsp3) is 0.500. The minimum atomic E-state index is 0.398. The summed E-state index contributed by atoms with van der Waals surface area (Å²) < 4.78 is 1.74. The predicted molar refractivity (Wildman–Crippen MR) is 53.0 cm³/mol. The lowest BCUT2D eigenvalue weighted by Crippen LogP contribution is -2.17. The van der Waals surface area contributed by atoms with E-state index >= 15 is 0 Å². The quantitative estimate of drug-likeness (QED) is 0.752. The van der Waals surface area contributed by atoms with E-state index in [9.17, 15) is 0 Å². The third-order valence-corrected chi connectivity index (χ3v) is 2.81. The molecule has 0 radical (unpaired) electrons. The van der Waals surface area contributed by atoms with Crippen LogP contribution in [-0.4, -0.2) is 16.3 Å². The highest BCUT2D eigenvalue weighted by Crippen LogP contribution is 2.47. The van der Waals surface area contributed by atoms with E-state index in [4.69, 9.17) is 5.73 Å². The van der Waals surface area contributed by atoms with E-state index in [1.54, 1.807) is 10.9 Å². The molecule has 1 saturated carbocycles. The van der Waals surface area contributed by atoms with Crippen LogP contribution in [0.15, 0.2) is 19.0 Å². The van der Waals surface area contributed by atoms with Crippen molar-refractivity contribution in [3.63, 3.8) is 0 Å². The van der Waals surface area contributed by atoms with Crippen LogP contribution in [-0.2, 0) is 6.42 Å². The van der Waals surface area contributed by atoms with Gasteiger partial charge in [0.25, 0.3) is 0 Å². The average molecular weight is 177 g/mol. The van der Waals surface area contributed by atoms with E-state index in [1.165, 1.54) is 18.4 Å². The first-order chi connectivity index (χ1) is 6.28. The Balaban J connectivity index is 2.05. The summed E-state index contributed by atoms with van der Waals surface area (Å²) in [5.74, 6) is 0. The van der Waals surface area contributed by atoms with Crippen LogP contribution in [0.2, 0.25) is 0 Å². The van der Waals surface area contributed by atoms with Gasteiger partial charge in [-0.25, -0.2) is 4.68 Å². The van der Waals surface area contributed by atoms with Crippen molar-refractivity contribution in [1.82, 2.24) is 9.78 Å². The van der Waals surface area contributed by atoms with E-state index < -0.39 is 0 Å². The van der Waals surface area contributed by atoms with E-state index in [2.05, 4.69) is 11.7 Å². The summed E-state index contributed by atoms with van der Waals surface area (Å²) >= 11 is 0. The monoisotopic (exact) mass is 177 g/mol. The van der Waals surface area contributed by atoms with Crippen LogP contribution in [0.5, 0.6) is 0 Å². The molecule has 1 aliphatic carbocycles. The average Bonchev–Trinajstić information content (AvgIpc) is 2.77. The SMILES string of the molecule is C=Cn1cc(CC2(CN)CC2)cn1. The van der Waals surface area contributed by atoms with Crippen LogP contribution in [0.4, 0.5) is 0 Å². The Morgan fingerprint density at radius 3 is 2.92 bits per heavy atom. The zero-order chi connectivity index (χ0) is 9.31. The lowest BCUT2D eigenvalue weighted by atomic mass is 9.99. The fourth-order valence-corrected chi connectivity index (χ4v) is 1.63. The third-order valence-electron chi connectivity index (χ3n) is 2.81. The highest BCUT2D eigenvalue weighted by atomic mass is 15.2. The molecule has 0 unspecified atom stereocenters. The lowest BCUT2D eigenvalue weighted by molar-refractivity contribution is 0.521. The molecule has 0 atom stereocenters. The zero-order valence-corrected chi connectivity index (χ0v) is 7.74. The Hall–Kier alpha value is -1.09. The Bertz CT molecular complexity index is 310. The Labute approximate surface area is 78.2 Å². The van der Waals surface area contributed by atoms with Crippen molar-refractivity contribution in [3.05, 3.63) is 24.5 Å². The van der Waals surface area contributed by atoms with Crippen LogP contribution < -0.4 is 5.73 Å². The Morgan fingerprint density at radius 1 is 1.69 bits per heavy atom.